The van der Waals surface area contributed by atoms with Crippen molar-refractivity contribution in [2.45, 2.75) is 38.8 Å². The van der Waals surface area contributed by atoms with Crippen LogP contribution in [0.15, 0.2) is 33.9 Å². The first-order valence-electron chi connectivity index (χ1n) is 8.29. The van der Waals surface area contributed by atoms with Crippen LogP contribution in [0.2, 0.25) is 0 Å². The number of amides is 2. The molecule has 1 heterocycles. The van der Waals surface area contributed by atoms with E-state index in [9.17, 15) is 9.59 Å². The van der Waals surface area contributed by atoms with E-state index in [1.54, 1.807) is 31.9 Å². The van der Waals surface area contributed by atoms with Crippen molar-refractivity contribution >= 4 is 27.9 Å². The number of benzene rings is 1. The Morgan fingerprint density at radius 3 is 2.72 bits per heavy atom. The molecule has 0 spiro atoms. The number of rotatable bonds is 5. The van der Waals surface area contributed by atoms with Gasteiger partial charge in [0.2, 0.25) is 0 Å². The Morgan fingerprint density at radius 2 is 2.12 bits per heavy atom. The molecule has 25 heavy (non-hydrogen) atoms. The van der Waals surface area contributed by atoms with Gasteiger partial charge in [0.25, 0.3) is 0 Å². The van der Waals surface area contributed by atoms with Gasteiger partial charge in [0.1, 0.15) is 5.75 Å². The van der Waals surface area contributed by atoms with Crippen molar-refractivity contribution in [3.63, 3.8) is 0 Å². The lowest BCUT2D eigenvalue weighted by Gasteiger charge is -2.36. The Labute approximate surface area is 155 Å². The Bertz CT molecular complexity index is 743. The van der Waals surface area contributed by atoms with Crippen LogP contribution in [0.3, 0.4) is 0 Å². The van der Waals surface area contributed by atoms with Crippen LogP contribution < -0.4 is 10.1 Å². The zero-order valence-corrected chi connectivity index (χ0v) is 16.1. The minimum atomic E-state index is -0.617. The van der Waals surface area contributed by atoms with Gasteiger partial charge in [0.15, 0.2) is 0 Å². The molecule has 2 amide bonds. The number of carbonyl (C=O) groups is 2. The molecule has 134 valence electrons. The second-order valence-electron chi connectivity index (χ2n) is 6.09. The zero-order chi connectivity index (χ0) is 18.1. The summed E-state index contributed by atoms with van der Waals surface area (Å²) in [6.45, 7) is 3.85. The molecule has 0 unspecified atom stereocenters. The van der Waals surface area contributed by atoms with Crippen molar-refractivity contribution < 1.29 is 19.1 Å². The standard InChI is InChI=1S/C18H21BrN2O4/c1-4-25-17(22)15-10(2)21(12-6-7-12)18(23)20-16(15)13-9-11(19)5-8-14(13)24-3/h5,8-9,12,16H,4,6-7H2,1-3H3,(H,20,23)/t16-/m1/s1. The fourth-order valence-corrected chi connectivity index (χ4v) is 3.55. The van der Waals surface area contributed by atoms with Crippen LogP contribution in [0.1, 0.15) is 38.3 Å². The molecule has 0 radical (unpaired) electrons. The number of urea groups is 1. The molecule has 1 aromatic carbocycles. The van der Waals surface area contributed by atoms with Crippen molar-refractivity contribution in [3.8, 4) is 5.75 Å². The normalized spacial score (nSPS) is 20.4. The number of methoxy groups -OCH3 is 1. The van der Waals surface area contributed by atoms with Crippen molar-refractivity contribution in [2.75, 3.05) is 13.7 Å². The minimum absolute atomic E-state index is 0.162. The first kappa shape index (κ1) is 17.8. The molecular weight excluding hydrogens is 388 g/mol. The average molecular weight is 409 g/mol. The monoisotopic (exact) mass is 408 g/mol. The maximum Gasteiger partial charge on any atom is 0.338 e. The molecule has 6 nitrogen and oxygen atoms in total. The van der Waals surface area contributed by atoms with Crippen molar-refractivity contribution in [3.05, 3.63) is 39.5 Å². The van der Waals surface area contributed by atoms with Gasteiger partial charge >= 0.3 is 12.0 Å². The molecule has 1 fully saturated rings. The summed E-state index contributed by atoms with van der Waals surface area (Å²) in [5.41, 5.74) is 1.81. The van der Waals surface area contributed by atoms with Crippen LogP contribution in [0.25, 0.3) is 0 Å². The Morgan fingerprint density at radius 1 is 1.40 bits per heavy atom. The summed E-state index contributed by atoms with van der Waals surface area (Å²) < 4.78 is 11.5. The summed E-state index contributed by atoms with van der Waals surface area (Å²) in [6, 6.07) is 4.85. The van der Waals surface area contributed by atoms with E-state index in [4.69, 9.17) is 9.47 Å². The van der Waals surface area contributed by atoms with Gasteiger partial charge < -0.3 is 14.8 Å². The van der Waals surface area contributed by atoms with E-state index in [1.807, 2.05) is 12.1 Å². The summed E-state index contributed by atoms with van der Waals surface area (Å²) in [4.78, 5) is 27.0. The van der Waals surface area contributed by atoms with Gasteiger partial charge in [-0.15, -0.1) is 0 Å². The average Bonchev–Trinajstić information content (AvgIpc) is 3.39. The second-order valence-corrected chi connectivity index (χ2v) is 7.01. The van der Waals surface area contributed by atoms with Crippen LogP contribution in [0.5, 0.6) is 5.75 Å². The Hall–Kier alpha value is -2.02. The number of carbonyl (C=O) groups excluding carboxylic acids is 2. The van der Waals surface area contributed by atoms with Gasteiger partial charge in [0.05, 0.1) is 25.3 Å². The second kappa shape index (κ2) is 7.07. The summed E-state index contributed by atoms with van der Waals surface area (Å²) in [7, 11) is 1.56. The van der Waals surface area contributed by atoms with E-state index < -0.39 is 12.0 Å². The van der Waals surface area contributed by atoms with Gasteiger partial charge in [-0.05, 0) is 44.9 Å². The summed E-state index contributed by atoms with van der Waals surface area (Å²) in [6.07, 6.45) is 1.90. The van der Waals surface area contributed by atoms with Crippen LogP contribution >= 0.6 is 15.9 Å². The number of allylic oxidation sites excluding steroid dienone is 1. The van der Waals surface area contributed by atoms with Crippen molar-refractivity contribution in [1.82, 2.24) is 10.2 Å². The molecular formula is C18H21BrN2O4. The molecule has 1 atom stereocenters. The predicted octanol–water partition coefficient (Wildman–Crippen LogP) is 3.52. The van der Waals surface area contributed by atoms with Gasteiger partial charge in [-0.2, -0.15) is 0 Å². The molecule has 1 N–H and O–H groups in total. The van der Waals surface area contributed by atoms with Crippen molar-refractivity contribution in [2.24, 2.45) is 0 Å². The van der Waals surface area contributed by atoms with Crippen molar-refractivity contribution in [1.29, 1.82) is 0 Å². The number of hydrogen-bond acceptors (Lipinski definition) is 4. The molecule has 0 saturated heterocycles. The van der Waals surface area contributed by atoms with Crippen LogP contribution in [-0.4, -0.2) is 36.7 Å². The molecule has 7 heteroatoms. The molecule has 0 aromatic heterocycles. The predicted molar refractivity (Wildman–Crippen MR) is 96.2 cm³/mol. The lowest BCUT2D eigenvalue weighted by molar-refractivity contribution is -0.139. The summed E-state index contributed by atoms with van der Waals surface area (Å²) in [5, 5.41) is 2.95. The topological polar surface area (TPSA) is 67.9 Å². The summed E-state index contributed by atoms with van der Waals surface area (Å²) >= 11 is 3.44. The highest BCUT2D eigenvalue weighted by Crippen LogP contribution is 2.40. The highest BCUT2D eigenvalue weighted by atomic mass is 79.9. The fourth-order valence-electron chi connectivity index (χ4n) is 3.17. The van der Waals surface area contributed by atoms with E-state index in [2.05, 4.69) is 21.2 Å². The van der Waals surface area contributed by atoms with E-state index in [0.29, 0.717) is 22.6 Å². The Kier molecular flexibility index (Phi) is 5.03. The zero-order valence-electron chi connectivity index (χ0n) is 14.5. The number of esters is 1. The van der Waals surface area contributed by atoms with Gasteiger partial charge in [-0.1, -0.05) is 15.9 Å². The lowest BCUT2D eigenvalue weighted by Crippen LogP contribution is -2.49. The van der Waals surface area contributed by atoms with Gasteiger partial charge in [-0.3, -0.25) is 4.90 Å². The molecule has 1 aromatic rings. The largest absolute Gasteiger partial charge is 0.496 e. The highest BCUT2D eigenvalue weighted by molar-refractivity contribution is 9.10. The SMILES string of the molecule is CCOC(=O)C1=C(C)N(C2CC2)C(=O)N[C@@H]1c1cc(Br)ccc1OC. The quantitative estimate of drug-likeness (QED) is 0.756. The number of nitrogens with one attached hydrogen (secondary N) is 1. The maximum atomic E-state index is 12.7. The van der Waals surface area contributed by atoms with Gasteiger partial charge in [0, 0.05) is 21.8 Å². The first-order valence-corrected chi connectivity index (χ1v) is 9.08. The minimum Gasteiger partial charge on any atom is -0.496 e. The fraction of sp³-hybridized carbons (Fsp3) is 0.444. The third-order valence-corrected chi connectivity index (χ3v) is 4.93. The van der Waals surface area contributed by atoms with E-state index in [0.717, 1.165) is 17.3 Å². The van der Waals surface area contributed by atoms with Crippen LogP contribution in [0.4, 0.5) is 4.79 Å². The molecule has 1 aliphatic heterocycles. The van der Waals surface area contributed by atoms with E-state index >= 15 is 0 Å². The maximum absolute atomic E-state index is 12.7. The smallest absolute Gasteiger partial charge is 0.338 e. The lowest BCUT2D eigenvalue weighted by atomic mass is 9.94. The number of halogens is 1. The molecule has 1 saturated carbocycles. The molecule has 1 aliphatic carbocycles. The molecule has 2 aliphatic rings. The third-order valence-electron chi connectivity index (χ3n) is 4.44. The van der Waals surface area contributed by atoms with Crippen LogP contribution in [0, 0.1) is 0 Å². The first-order chi connectivity index (χ1) is 12.0. The van der Waals surface area contributed by atoms with Crippen LogP contribution in [-0.2, 0) is 9.53 Å². The van der Waals surface area contributed by atoms with E-state index in [1.165, 1.54) is 0 Å². The third kappa shape index (κ3) is 3.38. The number of ether oxygens (including phenoxy) is 2. The van der Waals surface area contributed by atoms with Gasteiger partial charge in [-0.25, -0.2) is 9.59 Å². The highest BCUT2D eigenvalue weighted by Gasteiger charge is 2.43. The summed E-state index contributed by atoms with van der Waals surface area (Å²) in [5.74, 6) is 0.181. The molecule has 0 bridgehead atoms. The molecule has 3 rings (SSSR count). The Balaban J connectivity index is 2.12. The van der Waals surface area contributed by atoms with E-state index in [-0.39, 0.29) is 18.7 Å². The number of nitrogens with zero attached hydrogens (tertiary/aromatic N) is 1. The number of hydrogen-bond donors (Lipinski definition) is 1.